The van der Waals surface area contributed by atoms with Crippen molar-refractivity contribution in [2.75, 3.05) is 32.9 Å². The number of ether oxygens (including phenoxy) is 3. The van der Waals surface area contributed by atoms with Crippen LogP contribution in [0.15, 0.2) is 16.6 Å². The van der Waals surface area contributed by atoms with Gasteiger partial charge in [-0.15, -0.1) is 0 Å². The molecule has 6 heteroatoms. The summed E-state index contributed by atoms with van der Waals surface area (Å²) in [7, 11) is 0. The summed E-state index contributed by atoms with van der Waals surface area (Å²) in [6.07, 6.45) is 0.0772. The first kappa shape index (κ1) is 13.7. The molecule has 1 fully saturated rings. The van der Waals surface area contributed by atoms with E-state index in [0.29, 0.717) is 50.0 Å². The Morgan fingerprint density at radius 3 is 2.90 bits per heavy atom. The van der Waals surface area contributed by atoms with Gasteiger partial charge in [0, 0.05) is 18.7 Å². The quantitative estimate of drug-likeness (QED) is 0.784. The number of carbonyl (C=O) groups is 1. The highest BCUT2D eigenvalue weighted by molar-refractivity contribution is 9.10. The van der Waals surface area contributed by atoms with Gasteiger partial charge in [-0.05, 0) is 35.0 Å². The summed E-state index contributed by atoms with van der Waals surface area (Å²) in [6, 6.07) is 3.54. The van der Waals surface area contributed by atoms with E-state index in [-0.39, 0.29) is 12.0 Å². The van der Waals surface area contributed by atoms with Crippen LogP contribution in [0.5, 0.6) is 11.5 Å². The summed E-state index contributed by atoms with van der Waals surface area (Å²) in [5.41, 5.74) is 0.607. The maximum absolute atomic E-state index is 12.5. The van der Waals surface area contributed by atoms with Gasteiger partial charge in [-0.25, -0.2) is 0 Å². The Balaban J connectivity index is 1.86. The van der Waals surface area contributed by atoms with E-state index in [1.165, 1.54) is 0 Å². The molecule has 0 spiro atoms. The van der Waals surface area contributed by atoms with Gasteiger partial charge in [0.15, 0.2) is 11.5 Å². The third kappa shape index (κ3) is 2.62. The number of morpholine rings is 1. The first-order valence-corrected chi connectivity index (χ1v) is 7.44. The number of halogens is 1. The average molecular weight is 342 g/mol. The maximum atomic E-state index is 12.5. The Kier molecular flexibility index (Phi) is 3.85. The van der Waals surface area contributed by atoms with E-state index in [9.17, 15) is 4.79 Å². The van der Waals surface area contributed by atoms with Crippen molar-refractivity contribution in [3.05, 3.63) is 22.2 Å². The Morgan fingerprint density at radius 2 is 2.10 bits per heavy atom. The van der Waals surface area contributed by atoms with Crippen LogP contribution in [0.3, 0.4) is 0 Å². The number of nitrogens with zero attached hydrogens (tertiary/aromatic N) is 1. The lowest BCUT2D eigenvalue weighted by molar-refractivity contribution is -0.0124. The van der Waals surface area contributed by atoms with Gasteiger partial charge in [-0.3, -0.25) is 4.79 Å². The van der Waals surface area contributed by atoms with Crippen LogP contribution >= 0.6 is 15.9 Å². The summed E-state index contributed by atoms with van der Waals surface area (Å²) in [5, 5.41) is 0. The number of hydrogen-bond donors (Lipinski definition) is 0. The highest BCUT2D eigenvalue weighted by atomic mass is 79.9. The normalized spacial score (nSPS) is 21.7. The molecule has 1 atom stereocenters. The lowest BCUT2D eigenvalue weighted by Crippen LogP contribution is -2.44. The van der Waals surface area contributed by atoms with Crippen molar-refractivity contribution >= 4 is 21.8 Å². The predicted octanol–water partition coefficient (Wildman–Crippen LogP) is 2.08. The van der Waals surface area contributed by atoms with E-state index < -0.39 is 0 Å². The van der Waals surface area contributed by atoms with E-state index >= 15 is 0 Å². The van der Waals surface area contributed by atoms with Crippen LogP contribution in [-0.2, 0) is 4.74 Å². The largest absolute Gasteiger partial charge is 0.486 e. The van der Waals surface area contributed by atoms with E-state index in [2.05, 4.69) is 15.9 Å². The fraction of sp³-hybridized carbons (Fsp3) is 0.500. The Bertz CT molecular complexity index is 534. The molecule has 2 aliphatic rings. The molecule has 1 aromatic carbocycles. The van der Waals surface area contributed by atoms with Crippen LogP contribution in [-0.4, -0.2) is 49.8 Å². The lowest BCUT2D eigenvalue weighted by Gasteiger charge is -2.31. The minimum atomic E-state index is -0.00202. The summed E-state index contributed by atoms with van der Waals surface area (Å²) < 4.78 is 17.3. The molecule has 0 aliphatic carbocycles. The standard InChI is InChI=1S/C14H16BrNO4/c1-9-8-16(2-3-18-9)14(17)10-6-11(15)13-12(7-10)19-4-5-20-13/h6-7,9H,2-5,8H2,1H3. The van der Waals surface area contributed by atoms with Gasteiger partial charge in [0.25, 0.3) is 5.91 Å². The van der Waals surface area contributed by atoms with E-state index in [1.807, 2.05) is 11.8 Å². The van der Waals surface area contributed by atoms with Crippen molar-refractivity contribution in [2.45, 2.75) is 13.0 Å². The molecule has 0 bridgehead atoms. The number of hydrogen-bond acceptors (Lipinski definition) is 4. The molecule has 1 aromatic rings. The molecule has 0 aromatic heterocycles. The number of benzene rings is 1. The minimum Gasteiger partial charge on any atom is -0.486 e. The van der Waals surface area contributed by atoms with Crippen LogP contribution in [0, 0.1) is 0 Å². The average Bonchev–Trinajstić information content (AvgIpc) is 2.46. The van der Waals surface area contributed by atoms with Gasteiger partial charge in [0.05, 0.1) is 17.2 Å². The van der Waals surface area contributed by atoms with Crippen molar-refractivity contribution in [1.82, 2.24) is 4.90 Å². The zero-order chi connectivity index (χ0) is 14.1. The SMILES string of the molecule is CC1CN(C(=O)c2cc(Br)c3c(c2)OCCO3)CCO1. The zero-order valence-electron chi connectivity index (χ0n) is 11.2. The number of amides is 1. The Labute approximate surface area is 125 Å². The van der Waals surface area contributed by atoms with Gasteiger partial charge in [0.2, 0.25) is 0 Å². The Morgan fingerprint density at radius 1 is 1.30 bits per heavy atom. The van der Waals surface area contributed by atoms with Crippen LogP contribution in [0.4, 0.5) is 0 Å². The topological polar surface area (TPSA) is 48.0 Å². The smallest absolute Gasteiger partial charge is 0.254 e. The molecule has 20 heavy (non-hydrogen) atoms. The van der Waals surface area contributed by atoms with Crippen LogP contribution in [0.25, 0.3) is 0 Å². The first-order chi connectivity index (χ1) is 9.65. The van der Waals surface area contributed by atoms with Crippen molar-refractivity contribution in [2.24, 2.45) is 0 Å². The van der Waals surface area contributed by atoms with Crippen LogP contribution < -0.4 is 9.47 Å². The van der Waals surface area contributed by atoms with E-state index in [4.69, 9.17) is 14.2 Å². The third-order valence-electron chi connectivity index (χ3n) is 3.37. The maximum Gasteiger partial charge on any atom is 0.254 e. The minimum absolute atomic E-state index is 0.00202. The molecule has 3 rings (SSSR count). The highest BCUT2D eigenvalue weighted by Crippen LogP contribution is 2.38. The molecule has 108 valence electrons. The fourth-order valence-corrected chi connectivity index (χ4v) is 2.98. The molecule has 1 unspecified atom stereocenters. The molecule has 1 amide bonds. The van der Waals surface area contributed by atoms with E-state index in [0.717, 1.165) is 4.47 Å². The monoisotopic (exact) mass is 341 g/mol. The number of rotatable bonds is 1. The van der Waals surface area contributed by atoms with Crippen LogP contribution in [0.1, 0.15) is 17.3 Å². The van der Waals surface area contributed by atoms with E-state index in [1.54, 1.807) is 12.1 Å². The lowest BCUT2D eigenvalue weighted by atomic mass is 10.1. The molecular weight excluding hydrogens is 326 g/mol. The predicted molar refractivity (Wildman–Crippen MR) is 76.4 cm³/mol. The molecule has 5 nitrogen and oxygen atoms in total. The molecular formula is C14H16BrNO4. The molecule has 2 heterocycles. The second kappa shape index (κ2) is 5.61. The second-order valence-electron chi connectivity index (χ2n) is 4.91. The summed E-state index contributed by atoms with van der Waals surface area (Å²) in [5.74, 6) is 1.29. The van der Waals surface area contributed by atoms with Gasteiger partial charge >= 0.3 is 0 Å². The summed E-state index contributed by atoms with van der Waals surface area (Å²) in [4.78, 5) is 14.3. The van der Waals surface area contributed by atoms with Crippen molar-refractivity contribution < 1.29 is 19.0 Å². The summed E-state index contributed by atoms with van der Waals surface area (Å²) >= 11 is 3.44. The zero-order valence-corrected chi connectivity index (χ0v) is 12.8. The van der Waals surface area contributed by atoms with Gasteiger partial charge in [-0.2, -0.15) is 0 Å². The highest BCUT2D eigenvalue weighted by Gasteiger charge is 2.25. The molecule has 0 N–H and O–H groups in total. The van der Waals surface area contributed by atoms with Crippen molar-refractivity contribution in [1.29, 1.82) is 0 Å². The number of carbonyl (C=O) groups excluding carboxylic acids is 1. The van der Waals surface area contributed by atoms with Gasteiger partial charge in [0.1, 0.15) is 13.2 Å². The first-order valence-electron chi connectivity index (χ1n) is 6.65. The molecule has 2 aliphatic heterocycles. The third-order valence-corrected chi connectivity index (χ3v) is 3.96. The summed E-state index contributed by atoms with van der Waals surface area (Å²) in [6.45, 7) is 4.82. The fourth-order valence-electron chi connectivity index (χ4n) is 2.42. The van der Waals surface area contributed by atoms with Gasteiger partial charge < -0.3 is 19.1 Å². The van der Waals surface area contributed by atoms with Crippen molar-refractivity contribution in [3.63, 3.8) is 0 Å². The van der Waals surface area contributed by atoms with Gasteiger partial charge in [-0.1, -0.05) is 0 Å². The molecule has 0 radical (unpaired) electrons. The second-order valence-corrected chi connectivity index (χ2v) is 5.77. The Hall–Kier alpha value is -1.27. The van der Waals surface area contributed by atoms with Crippen LogP contribution in [0.2, 0.25) is 0 Å². The molecule has 1 saturated heterocycles. The molecule has 0 saturated carbocycles. The van der Waals surface area contributed by atoms with Crippen molar-refractivity contribution in [3.8, 4) is 11.5 Å². The number of fused-ring (bicyclic) bond motifs is 1.